The lowest BCUT2D eigenvalue weighted by atomic mass is 9.76. The fraction of sp³-hybridized carbons (Fsp3) is 0.500. The van der Waals surface area contributed by atoms with E-state index in [-0.39, 0.29) is 5.91 Å². The van der Waals surface area contributed by atoms with Gasteiger partial charge in [0, 0.05) is 24.6 Å². The van der Waals surface area contributed by atoms with Crippen molar-refractivity contribution in [2.75, 3.05) is 11.4 Å². The number of carbonyl (C=O) groups is 1. The van der Waals surface area contributed by atoms with E-state index in [4.69, 9.17) is 5.73 Å². The minimum atomic E-state index is -0.626. The van der Waals surface area contributed by atoms with Gasteiger partial charge in [0.05, 0.1) is 5.54 Å². The first-order valence-electron chi connectivity index (χ1n) is 5.68. The molecule has 0 aromatic carbocycles. The molecule has 1 aliphatic rings. The summed E-state index contributed by atoms with van der Waals surface area (Å²) in [4.78, 5) is 17.9. The van der Waals surface area contributed by atoms with Crippen molar-refractivity contribution in [3.05, 3.63) is 24.5 Å². The summed E-state index contributed by atoms with van der Waals surface area (Å²) in [7, 11) is 0. The van der Waals surface area contributed by atoms with Crippen LogP contribution in [0.3, 0.4) is 0 Å². The Bertz CT molecular complexity index is 373. The molecule has 1 amide bonds. The van der Waals surface area contributed by atoms with Crippen LogP contribution in [0.25, 0.3) is 0 Å². The molecule has 0 radical (unpaired) electrons. The summed E-state index contributed by atoms with van der Waals surface area (Å²) < 4.78 is 0. The van der Waals surface area contributed by atoms with Crippen LogP contribution in [0.2, 0.25) is 0 Å². The van der Waals surface area contributed by atoms with Crippen molar-refractivity contribution in [2.45, 2.75) is 31.7 Å². The topological polar surface area (TPSA) is 59.2 Å². The van der Waals surface area contributed by atoms with Crippen LogP contribution < -0.4 is 10.6 Å². The summed E-state index contributed by atoms with van der Waals surface area (Å²) in [5, 5.41) is 0. The SMILES string of the molecule is CCN(C(=O)C1(N)CCC1)c1ccncc1. The third-order valence-corrected chi connectivity index (χ3v) is 3.21. The van der Waals surface area contributed by atoms with E-state index in [1.54, 1.807) is 17.3 Å². The van der Waals surface area contributed by atoms with Crippen LogP contribution in [0.4, 0.5) is 5.69 Å². The lowest BCUT2D eigenvalue weighted by Crippen LogP contribution is -2.59. The number of anilines is 1. The van der Waals surface area contributed by atoms with E-state index in [9.17, 15) is 4.79 Å². The minimum Gasteiger partial charge on any atom is -0.317 e. The zero-order chi connectivity index (χ0) is 11.6. The van der Waals surface area contributed by atoms with E-state index >= 15 is 0 Å². The number of pyridine rings is 1. The van der Waals surface area contributed by atoms with Crippen molar-refractivity contribution < 1.29 is 4.79 Å². The smallest absolute Gasteiger partial charge is 0.247 e. The van der Waals surface area contributed by atoms with Gasteiger partial charge < -0.3 is 10.6 Å². The molecule has 1 aromatic heterocycles. The number of amides is 1. The van der Waals surface area contributed by atoms with Gasteiger partial charge >= 0.3 is 0 Å². The van der Waals surface area contributed by atoms with E-state index in [1.165, 1.54) is 0 Å². The van der Waals surface area contributed by atoms with Gasteiger partial charge in [0.25, 0.3) is 0 Å². The van der Waals surface area contributed by atoms with Crippen LogP contribution in [-0.2, 0) is 4.79 Å². The van der Waals surface area contributed by atoms with Gasteiger partial charge in [-0.2, -0.15) is 0 Å². The highest BCUT2D eigenvalue weighted by Crippen LogP contribution is 2.32. The molecule has 86 valence electrons. The van der Waals surface area contributed by atoms with Crippen LogP contribution in [-0.4, -0.2) is 23.0 Å². The Kier molecular flexibility index (Phi) is 2.92. The Hall–Kier alpha value is -1.42. The molecule has 0 aliphatic heterocycles. The molecule has 1 heterocycles. The first kappa shape index (κ1) is 11.1. The highest BCUT2D eigenvalue weighted by Gasteiger charge is 2.42. The van der Waals surface area contributed by atoms with Gasteiger partial charge in [-0.15, -0.1) is 0 Å². The summed E-state index contributed by atoms with van der Waals surface area (Å²) in [6, 6.07) is 3.67. The Labute approximate surface area is 95.5 Å². The van der Waals surface area contributed by atoms with Gasteiger partial charge in [-0.3, -0.25) is 9.78 Å². The lowest BCUT2D eigenvalue weighted by molar-refractivity contribution is -0.126. The highest BCUT2D eigenvalue weighted by molar-refractivity contribution is 6.00. The van der Waals surface area contributed by atoms with E-state index in [0.29, 0.717) is 6.54 Å². The molecular weight excluding hydrogens is 202 g/mol. The highest BCUT2D eigenvalue weighted by atomic mass is 16.2. The Balaban J connectivity index is 2.20. The Morgan fingerprint density at radius 3 is 2.56 bits per heavy atom. The predicted molar refractivity (Wildman–Crippen MR) is 63.0 cm³/mol. The molecule has 0 unspecified atom stereocenters. The summed E-state index contributed by atoms with van der Waals surface area (Å²) in [6.45, 7) is 2.60. The second-order valence-corrected chi connectivity index (χ2v) is 4.26. The van der Waals surface area contributed by atoms with Crippen molar-refractivity contribution in [1.82, 2.24) is 4.98 Å². The molecular formula is C12H17N3O. The van der Waals surface area contributed by atoms with Crippen LogP contribution in [0.5, 0.6) is 0 Å². The summed E-state index contributed by atoms with van der Waals surface area (Å²) >= 11 is 0. The molecule has 0 spiro atoms. The Morgan fingerprint density at radius 1 is 1.50 bits per heavy atom. The quantitative estimate of drug-likeness (QED) is 0.834. The summed E-state index contributed by atoms with van der Waals surface area (Å²) in [5.41, 5.74) is 6.30. The molecule has 4 nitrogen and oxygen atoms in total. The van der Waals surface area contributed by atoms with Gasteiger partial charge in [0.2, 0.25) is 5.91 Å². The van der Waals surface area contributed by atoms with E-state index < -0.39 is 5.54 Å². The molecule has 1 fully saturated rings. The maximum Gasteiger partial charge on any atom is 0.247 e. The monoisotopic (exact) mass is 219 g/mol. The van der Waals surface area contributed by atoms with Crippen molar-refractivity contribution in [3.63, 3.8) is 0 Å². The normalized spacial score (nSPS) is 17.6. The average molecular weight is 219 g/mol. The minimum absolute atomic E-state index is 0.0347. The maximum atomic E-state index is 12.3. The van der Waals surface area contributed by atoms with Gasteiger partial charge in [-0.1, -0.05) is 0 Å². The first-order chi connectivity index (χ1) is 7.67. The number of likely N-dealkylation sites (N-methyl/N-ethyl adjacent to an activating group) is 1. The zero-order valence-electron chi connectivity index (χ0n) is 9.52. The largest absolute Gasteiger partial charge is 0.317 e. The number of hydrogen-bond acceptors (Lipinski definition) is 3. The van der Waals surface area contributed by atoms with E-state index in [2.05, 4.69) is 4.98 Å². The second-order valence-electron chi connectivity index (χ2n) is 4.26. The standard InChI is InChI=1S/C12H17N3O/c1-2-15(10-4-8-14-9-5-10)11(16)12(13)6-3-7-12/h4-5,8-9H,2-3,6-7,13H2,1H3. The van der Waals surface area contributed by atoms with Crippen molar-refractivity contribution >= 4 is 11.6 Å². The summed E-state index contributed by atoms with van der Waals surface area (Å²) in [5.74, 6) is 0.0347. The molecule has 1 aromatic rings. The number of nitrogens with two attached hydrogens (primary N) is 1. The molecule has 1 saturated carbocycles. The number of carbonyl (C=O) groups excluding carboxylic acids is 1. The summed E-state index contributed by atoms with van der Waals surface area (Å²) in [6.07, 6.45) is 6.03. The Morgan fingerprint density at radius 2 is 2.12 bits per heavy atom. The fourth-order valence-corrected chi connectivity index (χ4v) is 2.01. The molecule has 2 N–H and O–H groups in total. The first-order valence-corrected chi connectivity index (χ1v) is 5.68. The van der Waals surface area contributed by atoms with Gasteiger partial charge in [0.15, 0.2) is 0 Å². The van der Waals surface area contributed by atoms with Crippen molar-refractivity contribution in [2.24, 2.45) is 5.73 Å². The van der Waals surface area contributed by atoms with Gasteiger partial charge in [-0.25, -0.2) is 0 Å². The van der Waals surface area contributed by atoms with Crippen molar-refractivity contribution in [3.8, 4) is 0 Å². The number of aromatic nitrogens is 1. The number of rotatable bonds is 3. The van der Waals surface area contributed by atoms with Crippen LogP contribution in [0.1, 0.15) is 26.2 Å². The molecule has 0 saturated heterocycles. The zero-order valence-corrected chi connectivity index (χ0v) is 9.52. The lowest BCUT2D eigenvalue weighted by Gasteiger charge is -2.40. The molecule has 4 heteroatoms. The van der Waals surface area contributed by atoms with Crippen LogP contribution >= 0.6 is 0 Å². The molecule has 0 atom stereocenters. The third kappa shape index (κ3) is 1.80. The molecule has 1 aliphatic carbocycles. The fourth-order valence-electron chi connectivity index (χ4n) is 2.01. The molecule has 0 bridgehead atoms. The van der Waals surface area contributed by atoms with Gasteiger partial charge in [-0.05, 0) is 38.3 Å². The van der Waals surface area contributed by atoms with Crippen LogP contribution in [0, 0.1) is 0 Å². The van der Waals surface area contributed by atoms with Crippen LogP contribution in [0.15, 0.2) is 24.5 Å². The molecule has 2 rings (SSSR count). The number of hydrogen-bond donors (Lipinski definition) is 1. The van der Waals surface area contributed by atoms with E-state index in [0.717, 1.165) is 24.9 Å². The second kappa shape index (κ2) is 4.22. The molecule has 16 heavy (non-hydrogen) atoms. The maximum absolute atomic E-state index is 12.3. The number of nitrogens with zero attached hydrogens (tertiary/aromatic N) is 2. The van der Waals surface area contributed by atoms with E-state index in [1.807, 2.05) is 19.1 Å². The third-order valence-electron chi connectivity index (χ3n) is 3.21. The van der Waals surface area contributed by atoms with Gasteiger partial charge in [0.1, 0.15) is 0 Å². The average Bonchev–Trinajstić information content (AvgIpc) is 2.28. The predicted octanol–water partition coefficient (Wildman–Crippen LogP) is 1.32. The van der Waals surface area contributed by atoms with Crippen molar-refractivity contribution in [1.29, 1.82) is 0 Å².